The molecule has 108 valence electrons. The van der Waals surface area contributed by atoms with E-state index in [1.54, 1.807) is 0 Å². The van der Waals surface area contributed by atoms with Crippen LogP contribution in [0, 0.1) is 16.7 Å². The largest absolute Gasteiger partial charge is 0.492 e. The number of nitrogens with zero attached hydrogens (tertiary/aromatic N) is 1. The van der Waals surface area contributed by atoms with Gasteiger partial charge in [-0.3, -0.25) is 0 Å². The van der Waals surface area contributed by atoms with Gasteiger partial charge in [0, 0.05) is 18.4 Å². The van der Waals surface area contributed by atoms with Crippen molar-refractivity contribution in [1.82, 2.24) is 0 Å². The number of benzene rings is 1. The van der Waals surface area contributed by atoms with Gasteiger partial charge < -0.3 is 10.5 Å². The average molecular weight is 284 g/mol. The molecule has 0 aliphatic heterocycles. The Labute approximate surface area is 115 Å². The Bertz CT molecular complexity index is 530. The topological polar surface area (TPSA) is 59.0 Å². The monoisotopic (exact) mass is 284 g/mol. The zero-order valence-electron chi connectivity index (χ0n) is 10.8. The van der Waals surface area contributed by atoms with E-state index in [4.69, 9.17) is 15.7 Å². The summed E-state index contributed by atoms with van der Waals surface area (Å²) in [6, 6.07) is 5.89. The predicted molar refractivity (Wildman–Crippen MR) is 66.7 cm³/mol. The standard InChI is InChI=1S/C14H15F3N2O/c15-14(16,17)11-7-10(8-19)1-2-12(11)20-9-13(3-4-13)5-6-18/h1-2,7H,3-5,8-9,19H2. The highest BCUT2D eigenvalue weighted by Gasteiger charge is 2.44. The van der Waals surface area contributed by atoms with Gasteiger partial charge in [-0.1, -0.05) is 6.07 Å². The van der Waals surface area contributed by atoms with Gasteiger partial charge in [0.15, 0.2) is 0 Å². The molecule has 6 heteroatoms. The molecule has 1 aromatic carbocycles. The molecule has 0 heterocycles. The van der Waals surface area contributed by atoms with Crippen LogP contribution in [0.1, 0.15) is 30.4 Å². The highest BCUT2D eigenvalue weighted by atomic mass is 19.4. The van der Waals surface area contributed by atoms with Crippen molar-refractivity contribution < 1.29 is 17.9 Å². The van der Waals surface area contributed by atoms with Crippen molar-refractivity contribution >= 4 is 0 Å². The summed E-state index contributed by atoms with van der Waals surface area (Å²) in [5.74, 6) is -0.195. The summed E-state index contributed by atoms with van der Waals surface area (Å²) in [4.78, 5) is 0. The molecule has 1 aromatic rings. The smallest absolute Gasteiger partial charge is 0.419 e. The van der Waals surface area contributed by atoms with Gasteiger partial charge in [0.1, 0.15) is 5.75 Å². The molecule has 0 amide bonds. The summed E-state index contributed by atoms with van der Waals surface area (Å²) >= 11 is 0. The molecule has 1 aliphatic rings. The minimum absolute atomic E-state index is 0.0434. The fourth-order valence-electron chi connectivity index (χ4n) is 2.00. The lowest BCUT2D eigenvalue weighted by atomic mass is 10.1. The fraction of sp³-hybridized carbons (Fsp3) is 0.500. The van der Waals surface area contributed by atoms with E-state index in [0.717, 1.165) is 18.9 Å². The molecule has 2 rings (SSSR count). The predicted octanol–water partition coefficient (Wildman–Crippen LogP) is 3.24. The fourth-order valence-corrected chi connectivity index (χ4v) is 2.00. The van der Waals surface area contributed by atoms with E-state index >= 15 is 0 Å². The molecule has 0 spiro atoms. The van der Waals surface area contributed by atoms with Gasteiger partial charge in [0.25, 0.3) is 0 Å². The van der Waals surface area contributed by atoms with Crippen LogP contribution in [0.5, 0.6) is 5.75 Å². The Balaban J connectivity index is 2.17. The molecule has 0 bridgehead atoms. The van der Waals surface area contributed by atoms with Crippen LogP contribution >= 0.6 is 0 Å². The highest BCUT2D eigenvalue weighted by Crippen LogP contribution is 2.49. The van der Waals surface area contributed by atoms with Crippen LogP contribution in [0.4, 0.5) is 13.2 Å². The molecule has 1 saturated carbocycles. The average Bonchev–Trinajstić information content (AvgIpc) is 3.16. The van der Waals surface area contributed by atoms with Crippen LogP contribution in [-0.4, -0.2) is 6.61 Å². The first kappa shape index (κ1) is 14.7. The SMILES string of the molecule is N#CCC1(COc2ccc(CN)cc2C(F)(F)F)CC1. The molecule has 20 heavy (non-hydrogen) atoms. The van der Waals surface area contributed by atoms with Crippen molar-refractivity contribution in [2.75, 3.05) is 6.61 Å². The van der Waals surface area contributed by atoms with Crippen LogP contribution in [0.3, 0.4) is 0 Å². The number of nitriles is 1. The van der Waals surface area contributed by atoms with E-state index in [1.807, 2.05) is 0 Å². The zero-order valence-corrected chi connectivity index (χ0v) is 10.8. The quantitative estimate of drug-likeness (QED) is 0.903. The summed E-state index contributed by atoms with van der Waals surface area (Å²) in [5, 5.41) is 8.69. The zero-order chi connectivity index (χ0) is 14.8. The molecule has 3 nitrogen and oxygen atoms in total. The van der Waals surface area contributed by atoms with Crippen molar-refractivity contribution in [2.45, 2.75) is 32.0 Å². The number of halogens is 3. The maximum absolute atomic E-state index is 13.0. The number of hydrogen-bond donors (Lipinski definition) is 1. The number of hydrogen-bond acceptors (Lipinski definition) is 3. The molecular weight excluding hydrogens is 269 g/mol. The minimum atomic E-state index is -4.48. The number of alkyl halides is 3. The van der Waals surface area contributed by atoms with Crippen molar-refractivity contribution in [2.24, 2.45) is 11.1 Å². The molecule has 0 saturated heterocycles. The number of rotatable bonds is 5. The molecule has 0 aromatic heterocycles. The Morgan fingerprint density at radius 2 is 2.05 bits per heavy atom. The number of nitrogens with two attached hydrogens (primary N) is 1. The first-order valence-electron chi connectivity index (χ1n) is 6.30. The summed E-state index contributed by atoms with van der Waals surface area (Å²) in [5.41, 5.74) is 4.69. The third-order valence-electron chi connectivity index (χ3n) is 3.53. The van der Waals surface area contributed by atoms with Crippen LogP contribution in [0.2, 0.25) is 0 Å². The van der Waals surface area contributed by atoms with Gasteiger partial charge in [0.05, 0.1) is 18.2 Å². The normalized spacial score (nSPS) is 16.6. The molecular formula is C14H15F3N2O. The molecule has 0 unspecified atom stereocenters. The van der Waals surface area contributed by atoms with Gasteiger partial charge in [-0.25, -0.2) is 0 Å². The molecule has 0 atom stereocenters. The Kier molecular flexibility index (Phi) is 3.91. The summed E-state index contributed by atoms with van der Waals surface area (Å²) < 4.78 is 44.3. The Morgan fingerprint density at radius 1 is 1.35 bits per heavy atom. The highest BCUT2D eigenvalue weighted by molar-refractivity contribution is 5.39. The summed E-state index contributed by atoms with van der Waals surface area (Å²) in [6.45, 7) is 0.188. The van der Waals surface area contributed by atoms with E-state index in [2.05, 4.69) is 6.07 Å². The lowest BCUT2D eigenvalue weighted by molar-refractivity contribution is -0.139. The maximum Gasteiger partial charge on any atom is 0.419 e. The van der Waals surface area contributed by atoms with Gasteiger partial charge >= 0.3 is 6.18 Å². The third-order valence-corrected chi connectivity index (χ3v) is 3.53. The van der Waals surface area contributed by atoms with Gasteiger partial charge in [-0.05, 0) is 30.5 Å². The van der Waals surface area contributed by atoms with E-state index in [1.165, 1.54) is 12.1 Å². The summed E-state index contributed by atoms with van der Waals surface area (Å²) in [6.07, 6.45) is -2.52. The van der Waals surface area contributed by atoms with E-state index in [-0.39, 0.29) is 24.3 Å². The van der Waals surface area contributed by atoms with Crippen molar-refractivity contribution in [3.8, 4) is 11.8 Å². The van der Waals surface area contributed by atoms with E-state index in [0.29, 0.717) is 12.0 Å². The van der Waals surface area contributed by atoms with Gasteiger partial charge in [0.2, 0.25) is 0 Å². The van der Waals surface area contributed by atoms with Gasteiger partial charge in [-0.2, -0.15) is 18.4 Å². The molecule has 0 radical (unpaired) electrons. The first-order valence-corrected chi connectivity index (χ1v) is 6.30. The first-order chi connectivity index (χ1) is 9.40. The van der Waals surface area contributed by atoms with Crippen LogP contribution < -0.4 is 10.5 Å². The second kappa shape index (κ2) is 5.33. The lowest BCUT2D eigenvalue weighted by Gasteiger charge is -2.18. The Morgan fingerprint density at radius 3 is 2.55 bits per heavy atom. The molecule has 1 fully saturated rings. The van der Waals surface area contributed by atoms with Gasteiger partial charge in [-0.15, -0.1) is 0 Å². The summed E-state index contributed by atoms with van der Waals surface area (Å²) in [7, 11) is 0. The van der Waals surface area contributed by atoms with Crippen molar-refractivity contribution in [1.29, 1.82) is 5.26 Å². The van der Waals surface area contributed by atoms with Crippen LogP contribution in [0.25, 0.3) is 0 Å². The van der Waals surface area contributed by atoms with Crippen molar-refractivity contribution in [3.05, 3.63) is 29.3 Å². The van der Waals surface area contributed by atoms with Crippen molar-refractivity contribution in [3.63, 3.8) is 0 Å². The third kappa shape index (κ3) is 3.23. The lowest BCUT2D eigenvalue weighted by Crippen LogP contribution is -2.16. The van der Waals surface area contributed by atoms with Crippen LogP contribution in [0.15, 0.2) is 18.2 Å². The Hall–Kier alpha value is -1.74. The molecule has 2 N–H and O–H groups in total. The van der Waals surface area contributed by atoms with E-state index in [9.17, 15) is 13.2 Å². The minimum Gasteiger partial charge on any atom is -0.492 e. The van der Waals surface area contributed by atoms with E-state index < -0.39 is 11.7 Å². The molecule has 1 aliphatic carbocycles. The second-order valence-corrected chi connectivity index (χ2v) is 5.16. The van der Waals surface area contributed by atoms with Crippen LogP contribution in [-0.2, 0) is 12.7 Å². The maximum atomic E-state index is 13.0. The number of ether oxygens (including phenoxy) is 1. The second-order valence-electron chi connectivity index (χ2n) is 5.16.